The third kappa shape index (κ3) is 7.85. The van der Waals surface area contributed by atoms with Crippen LogP contribution in [0.25, 0.3) is 11.1 Å². The summed E-state index contributed by atoms with van der Waals surface area (Å²) in [6.07, 6.45) is 4.92. The van der Waals surface area contributed by atoms with Crippen molar-refractivity contribution in [1.29, 1.82) is 0 Å². The molecule has 4 aromatic rings. The number of alkyl halides is 3. The van der Waals surface area contributed by atoms with Crippen LogP contribution in [0.1, 0.15) is 45.6 Å². The number of rotatable bonds is 11. The van der Waals surface area contributed by atoms with Crippen molar-refractivity contribution in [2.45, 2.75) is 76.0 Å². The molecule has 0 amide bonds. The van der Waals surface area contributed by atoms with Crippen molar-refractivity contribution in [3.05, 3.63) is 48.1 Å². The molecule has 1 saturated heterocycles. The molecule has 2 N–H and O–H groups in total. The van der Waals surface area contributed by atoms with E-state index in [0.29, 0.717) is 42.0 Å². The molecule has 6 rings (SSSR count). The topological polar surface area (TPSA) is 141 Å². The summed E-state index contributed by atoms with van der Waals surface area (Å²) in [5.41, 5.74) is 1.02. The maximum atomic E-state index is 13.0. The lowest BCUT2D eigenvalue weighted by Crippen LogP contribution is -2.63. The maximum absolute atomic E-state index is 13.0. The molecule has 46 heavy (non-hydrogen) atoms. The summed E-state index contributed by atoms with van der Waals surface area (Å²) in [5.74, 6) is 0.446. The van der Waals surface area contributed by atoms with Gasteiger partial charge < -0.3 is 19.9 Å². The number of hydrogen-bond acceptors (Lipinski definition) is 11. The number of aliphatic hydroxyl groups is 1. The van der Waals surface area contributed by atoms with E-state index in [-0.39, 0.29) is 29.7 Å². The highest BCUT2D eigenvalue weighted by molar-refractivity contribution is 6.32. The monoisotopic (exact) mass is 662 g/mol. The van der Waals surface area contributed by atoms with E-state index in [1.54, 1.807) is 46.2 Å². The molecular weight excluding hydrogens is 629 g/mol. The van der Waals surface area contributed by atoms with Crippen LogP contribution in [0.5, 0.6) is 11.6 Å². The number of ether oxygens (including phenoxy) is 2. The summed E-state index contributed by atoms with van der Waals surface area (Å²) >= 11 is 6.38. The van der Waals surface area contributed by atoms with Gasteiger partial charge in [0.05, 0.1) is 29.4 Å². The van der Waals surface area contributed by atoms with Crippen LogP contribution in [0.15, 0.2) is 43.1 Å². The van der Waals surface area contributed by atoms with Crippen molar-refractivity contribution in [2.75, 3.05) is 25.0 Å². The Morgan fingerprint density at radius 2 is 1.83 bits per heavy atom. The molecule has 0 bridgehead atoms. The van der Waals surface area contributed by atoms with Crippen LogP contribution >= 0.6 is 11.6 Å². The highest BCUT2D eigenvalue weighted by Gasteiger charge is 2.41. The van der Waals surface area contributed by atoms with Gasteiger partial charge in [0.15, 0.2) is 6.61 Å². The molecule has 1 aliphatic heterocycles. The van der Waals surface area contributed by atoms with Crippen LogP contribution in [0, 0.1) is 0 Å². The molecule has 13 nitrogen and oxygen atoms in total. The predicted octanol–water partition coefficient (Wildman–Crippen LogP) is 4.68. The molecule has 0 radical (unpaired) electrons. The molecule has 1 saturated carbocycles. The number of halogens is 4. The first-order valence-corrected chi connectivity index (χ1v) is 15.3. The van der Waals surface area contributed by atoms with Gasteiger partial charge in [-0.25, -0.2) is 14.6 Å². The Hall–Kier alpha value is -4.02. The van der Waals surface area contributed by atoms with E-state index in [9.17, 15) is 18.3 Å². The second-order valence-electron chi connectivity index (χ2n) is 12.1. The summed E-state index contributed by atoms with van der Waals surface area (Å²) in [6.45, 7) is 3.96. The highest BCUT2D eigenvalue weighted by atomic mass is 35.5. The van der Waals surface area contributed by atoms with Gasteiger partial charge in [0, 0.05) is 37.1 Å². The Morgan fingerprint density at radius 1 is 1.11 bits per heavy atom. The largest absolute Gasteiger partial charge is 0.487 e. The van der Waals surface area contributed by atoms with Gasteiger partial charge in [-0.2, -0.15) is 13.2 Å². The van der Waals surface area contributed by atoms with Gasteiger partial charge in [-0.3, -0.25) is 9.58 Å². The number of β-amino-alcohol motifs (C(OH)–C–C–N with tert-alkyl or cyclic N) is 1. The van der Waals surface area contributed by atoms with Crippen LogP contribution in [0.4, 0.5) is 24.8 Å². The highest BCUT2D eigenvalue weighted by Crippen LogP contribution is 2.37. The Kier molecular flexibility index (Phi) is 9.03. The summed E-state index contributed by atoms with van der Waals surface area (Å²) in [4.78, 5) is 11.0. The van der Waals surface area contributed by atoms with Crippen molar-refractivity contribution in [1.82, 2.24) is 44.9 Å². The van der Waals surface area contributed by atoms with Crippen molar-refractivity contribution in [3.8, 4) is 22.8 Å². The standard InChI is InChI=1S/C29H34ClF3N10O3/c1-18(12-42-17-36-39-40-42)46-25-9-19(3-8-23(25)30)20-10-34-27(35-11-20)37-24-13-43(38-26(24)45-16-29(31,32)33)22-6-4-21(5-7-22)41-14-28(2,44)15-41/h3,8-11,13,17-18,21-22,44H,4-7,12,14-16H2,1-2H3,(H,34,35,37)/t18?,21-,22-. The number of anilines is 2. The second kappa shape index (κ2) is 13.0. The Morgan fingerprint density at radius 3 is 2.48 bits per heavy atom. The average Bonchev–Trinajstić information content (AvgIpc) is 3.66. The van der Waals surface area contributed by atoms with Crippen molar-refractivity contribution in [3.63, 3.8) is 0 Å². The van der Waals surface area contributed by atoms with E-state index in [2.05, 4.69) is 40.8 Å². The Labute approximate surface area is 267 Å². The summed E-state index contributed by atoms with van der Waals surface area (Å²) in [7, 11) is 0. The number of nitrogens with zero attached hydrogens (tertiary/aromatic N) is 9. The summed E-state index contributed by atoms with van der Waals surface area (Å²) in [5, 5.41) is 28.9. The number of aromatic nitrogens is 8. The van der Waals surface area contributed by atoms with Crippen LogP contribution in [-0.2, 0) is 6.54 Å². The zero-order valence-electron chi connectivity index (χ0n) is 25.2. The van der Waals surface area contributed by atoms with Gasteiger partial charge in [0.2, 0.25) is 5.95 Å². The molecule has 2 fully saturated rings. The van der Waals surface area contributed by atoms with Crippen LogP contribution in [0.2, 0.25) is 5.02 Å². The molecule has 3 aromatic heterocycles. The van der Waals surface area contributed by atoms with E-state index in [1.165, 1.54) is 6.33 Å². The average molecular weight is 663 g/mol. The Balaban J connectivity index is 1.13. The van der Waals surface area contributed by atoms with Crippen molar-refractivity contribution in [2.24, 2.45) is 0 Å². The number of nitrogens with one attached hydrogen (secondary N) is 1. The first kappa shape index (κ1) is 31.9. The van der Waals surface area contributed by atoms with Gasteiger partial charge in [-0.1, -0.05) is 17.7 Å². The minimum Gasteiger partial charge on any atom is -0.487 e. The smallest absolute Gasteiger partial charge is 0.422 e. The number of benzene rings is 1. The molecule has 17 heteroatoms. The van der Waals surface area contributed by atoms with Crippen LogP contribution in [0.3, 0.4) is 0 Å². The van der Waals surface area contributed by atoms with E-state index in [4.69, 9.17) is 21.1 Å². The van der Waals surface area contributed by atoms with E-state index < -0.39 is 18.4 Å². The molecular formula is C29H34ClF3N10O3. The number of likely N-dealkylation sites (tertiary alicyclic amines) is 1. The summed E-state index contributed by atoms with van der Waals surface area (Å²) in [6, 6.07) is 5.67. The second-order valence-corrected chi connectivity index (χ2v) is 12.5. The molecule has 1 aliphatic carbocycles. The lowest BCUT2D eigenvalue weighted by atomic mass is 9.85. The zero-order chi connectivity index (χ0) is 32.5. The van der Waals surface area contributed by atoms with E-state index >= 15 is 0 Å². The predicted molar refractivity (Wildman–Crippen MR) is 161 cm³/mol. The molecule has 4 heterocycles. The molecule has 2 aliphatic rings. The summed E-state index contributed by atoms with van der Waals surface area (Å²) < 4.78 is 53.4. The normalized spacial score (nSPS) is 20.6. The SMILES string of the molecule is CC(Cn1cnnn1)Oc1cc(-c2cnc(Nc3cn([C@H]4CC[C@H](N5CC(C)(O)C5)CC4)nc3OCC(F)(F)F)nc2)ccc1Cl. The molecule has 1 aromatic carbocycles. The van der Waals surface area contributed by atoms with E-state index in [1.807, 2.05) is 13.8 Å². The van der Waals surface area contributed by atoms with E-state index in [0.717, 1.165) is 31.2 Å². The van der Waals surface area contributed by atoms with Crippen LogP contribution in [-0.4, -0.2) is 93.6 Å². The van der Waals surface area contributed by atoms with Gasteiger partial charge in [-0.15, -0.1) is 10.2 Å². The minimum atomic E-state index is -4.53. The Bertz CT molecular complexity index is 1600. The molecule has 1 unspecified atom stereocenters. The van der Waals surface area contributed by atoms with Gasteiger partial charge in [-0.05, 0) is 67.7 Å². The first-order chi connectivity index (χ1) is 21.9. The fourth-order valence-corrected chi connectivity index (χ4v) is 6.06. The molecule has 246 valence electrons. The molecule has 1 atom stereocenters. The van der Waals surface area contributed by atoms with Gasteiger partial charge in [0.25, 0.3) is 5.88 Å². The van der Waals surface area contributed by atoms with Crippen molar-refractivity contribution < 1.29 is 27.8 Å². The first-order valence-electron chi connectivity index (χ1n) is 14.9. The van der Waals surface area contributed by atoms with Gasteiger partial charge >= 0.3 is 6.18 Å². The maximum Gasteiger partial charge on any atom is 0.422 e. The van der Waals surface area contributed by atoms with Gasteiger partial charge in [0.1, 0.15) is 23.9 Å². The fourth-order valence-electron chi connectivity index (χ4n) is 5.90. The molecule has 0 spiro atoms. The van der Waals surface area contributed by atoms with Crippen molar-refractivity contribution >= 4 is 23.2 Å². The number of tetrazole rings is 1. The zero-order valence-corrected chi connectivity index (χ0v) is 26.0. The number of hydrogen-bond donors (Lipinski definition) is 2. The van der Waals surface area contributed by atoms with Crippen LogP contribution < -0.4 is 14.8 Å². The lowest BCUT2D eigenvalue weighted by Gasteiger charge is -2.50. The minimum absolute atomic E-state index is 0.00188. The third-order valence-electron chi connectivity index (χ3n) is 8.04. The quantitative estimate of drug-likeness (QED) is 0.231. The lowest BCUT2D eigenvalue weighted by molar-refractivity contribution is -0.154. The third-order valence-corrected chi connectivity index (χ3v) is 8.35. The fraction of sp³-hybridized carbons (Fsp3) is 0.517.